The molecule has 1 aromatic heterocycles. The highest BCUT2D eigenvalue weighted by Crippen LogP contribution is 2.31. The number of nitrogens with two attached hydrogens (primary N) is 1. The molecule has 0 aliphatic heterocycles. The highest BCUT2D eigenvalue weighted by molar-refractivity contribution is 5.42. The van der Waals surface area contributed by atoms with Crippen LogP contribution < -0.4 is 10.5 Å². The van der Waals surface area contributed by atoms with Gasteiger partial charge in [0.15, 0.2) is 0 Å². The van der Waals surface area contributed by atoms with E-state index in [1.807, 2.05) is 42.9 Å². The molecule has 0 saturated carbocycles. The molecular weight excluding hydrogens is 224 g/mol. The number of aromatic nitrogens is 1. The molecule has 0 bridgehead atoms. The van der Waals surface area contributed by atoms with Gasteiger partial charge in [-0.2, -0.15) is 0 Å². The van der Waals surface area contributed by atoms with E-state index < -0.39 is 0 Å². The molecular formula is C15H20N2O. The largest absolute Gasteiger partial charge is 0.494 e. The monoisotopic (exact) mass is 244 g/mol. The Labute approximate surface area is 108 Å². The summed E-state index contributed by atoms with van der Waals surface area (Å²) in [5, 5.41) is 0. The maximum absolute atomic E-state index is 5.95. The van der Waals surface area contributed by atoms with Crippen LogP contribution in [0.1, 0.15) is 24.0 Å². The summed E-state index contributed by atoms with van der Waals surface area (Å²) in [6.45, 7) is 3.24. The summed E-state index contributed by atoms with van der Waals surface area (Å²) < 4.78 is 7.73. The van der Waals surface area contributed by atoms with Gasteiger partial charge >= 0.3 is 0 Å². The Morgan fingerprint density at radius 3 is 2.67 bits per heavy atom. The summed E-state index contributed by atoms with van der Waals surface area (Å²) in [6, 6.07) is 10.2. The zero-order valence-corrected chi connectivity index (χ0v) is 11.0. The smallest absolute Gasteiger partial charge is 0.123 e. The summed E-state index contributed by atoms with van der Waals surface area (Å²) in [4.78, 5) is 0. The van der Waals surface area contributed by atoms with E-state index in [-0.39, 0.29) is 5.92 Å². The molecule has 0 saturated heterocycles. The molecule has 3 heteroatoms. The van der Waals surface area contributed by atoms with Crippen molar-refractivity contribution in [2.24, 2.45) is 12.8 Å². The van der Waals surface area contributed by atoms with E-state index in [1.54, 1.807) is 0 Å². The summed E-state index contributed by atoms with van der Waals surface area (Å²) in [5.41, 5.74) is 8.34. The normalized spacial score (nSPS) is 12.4. The van der Waals surface area contributed by atoms with E-state index in [2.05, 4.69) is 18.3 Å². The van der Waals surface area contributed by atoms with Gasteiger partial charge in [0.2, 0.25) is 0 Å². The van der Waals surface area contributed by atoms with Crippen molar-refractivity contribution in [3.63, 3.8) is 0 Å². The van der Waals surface area contributed by atoms with Crippen LogP contribution in [0, 0.1) is 0 Å². The van der Waals surface area contributed by atoms with Gasteiger partial charge in [0, 0.05) is 37.5 Å². The van der Waals surface area contributed by atoms with Crippen molar-refractivity contribution in [3.8, 4) is 5.75 Å². The second-order valence-electron chi connectivity index (χ2n) is 4.37. The van der Waals surface area contributed by atoms with E-state index in [4.69, 9.17) is 10.5 Å². The molecule has 0 fully saturated rings. The first-order valence-corrected chi connectivity index (χ1v) is 6.30. The van der Waals surface area contributed by atoms with Crippen molar-refractivity contribution in [2.45, 2.75) is 12.8 Å². The lowest BCUT2D eigenvalue weighted by Crippen LogP contribution is -2.14. The highest BCUT2D eigenvalue weighted by atomic mass is 16.5. The van der Waals surface area contributed by atoms with E-state index >= 15 is 0 Å². The lowest BCUT2D eigenvalue weighted by atomic mass is 9.92. The molecule has 1 atom stereocenters. The maximum Gasteiger partial charge on any atom is 0.123 e. The molecule has 0 aliphatic rings. The van der Waals surface area contributed by atoms with Crippen LogP contribution in [0.5, 0.6) is 5.75 Å². The summed E-state index contributed by atoms with van der Waals surface area (Å²) in [6.07, 6.45) is 4.15. The Hall–Kier alpha value is -1.74. The molecule has 3 nitrogen and oxygen atoms in total. The number of hydrogen-bond acceptors (Lipinski definition) is 2. The fourth-order valence-electron chi connectivity index (χ4n) is 2.23. The van der Waals surface area contributed by atoms with Gasteiger partial charge in [0.05, 0.1) is 6.61 Å². The SMILES string of the molecule is CCOc1ccccc1C(CN)c1ccn(C)c1. The van der Waals surface area contributed by atoms with Crippen molar-refractivity contribution in [1.82, 2.24) is 4.57 Å². The number of ether oxygens (including phenoxy) is 1. The molecule has 0 radical (unpaired) electrons. The Morgan fingerprint density at radius 1 is 1.28 bits per heavy atom. The molecule has 2 rings (SSSR count). The van der Waals surface area contributed by atoms with Crippen molar-refractivity contribution in [2.75, 3.05) is 13.2 Å². The first-order chi connectivity index (χ1) is 8.76. The van der Waals surface area contributed by atoms with Crippen LogP contribution in [0.2, 0.25) is 0 Å². The molecule has 96 valence electrons. The zero-order chi connectivity index (χ0) is 13.0. The van der Waals surface area contributed by atoms with Gasteiger partial charge in [0.25, 0.3) is 0 Å². The van der Waals surface area contributed by atoms with Gasteiger partial charge in [-0.05, 0) is 24.6 Å². The number of rotatable bonds is 5. The third kappa shape index (κ3) is 2.57. The topological polar surface area (TPSA) is 40.2 Å². The summed E-state index contributed by atoms with van der Waals surface area (Å²) in [7, 11) is 2.02. The highest BCUT2D eigenvalue weighted by Gasteiger charge is 2.17. The summed E-state index contributed by atoms with van der Waals surface area (Å²) >= 11 is 0. The molecule has 1 aromatic carbocycles. The van der Waals surface area contributed by atoms with Gasteiger partial charge in [-0.15, -0.1) is 0 Å². The Balaban J connectivity index is 2.38. The van der Waals surface area contributed by atoms with Gasteiger partial charge in [-0.25, -0.2) is 0 Å². The van der Waals surface area contributed by atoms with Gasteiger partial charge < -0.3 is 15.0 Å². The van der Waals surface area contributed by atoms with E-state index in [9.17, 15) is 0 Å². The third-order valence-electron chi connectivity index (χ3n) is 3.09. The Kier molecular flexibility index (Phi) is 4.05. The third-order valence-corrected chi connectivity index (χ3v) is 3.09. The minimum Gasteiger partial charge on any atom is -0.494 e. The van der Waals surface area contributed by atoms with Crippen LogP contribution >= 0.6 is 0 Å². The van der Waals surface area contributed by atoms with E-state index in [1.165, 1.54) is 5.56 Å². The van der Waals surface area contributed by atoms with Crippen LogP contribution in [0.4, 0.5) is 0 Å². The number of para-hydroxylation sites is 1. The molecule has 18 heavy (non-hydrogen) atoms. The predicted molar refractivity (Wildman–Crippen MR) is 73.9 cm³/mol. The molecule has 2 aromatic rings. The van der Waals surface area contributed by atoms with Crippen molar-refractivity contribution in [3.05, 3.63) is 53.9 Å². The molecule has 1 heterocycles. The Bertz CT molecular complexity index is 505. The average Bonchev–Trinajstić information content (AvgIpc) is 2.79. The minimum atomic E-state index is 0.189. The van der Waals surface area contributed by atoms with Crippen molar-refractivity contribution < 1.29 is 4.74 Å². The second-order valence-corrected chi connectivity index (χ2v) is 4.37. The fraction of sp³-hybridized carbons (Fsp3) is 0.333. The van der Waals surface area contributed by atoms with Gasteiger partial charge in [0.1, 0.15) is 5.75 Å². The Morgan fingerprint density at radius 2 is 2.06 bits per heavy atom. The molecule has 1 unspecified atom stereocenters. The number of benzene rings is 1. The first-order valence-electron chi connectivity index (χ1n) is 6.30. The average molecular weight is 244 g/mol. The fourth-order valence-corrected chi connectivity index (χ4v) is 2.23. The molecule has 2 N–H and O–H groups in total. The van der Waals surface area contributed by atoms with E-state index in [0.29, 0.717) is 13.2 Å². The first kappa shape index (κ1) is 12.7. The van der Waals surface area contributed by atoms with E-state index in [0.717, 1.165) is 11.3 Å². The lowest BCUT2D eigenvalue weighted by molar-refractivity contribution is 0.335. The molecule has 0 aliphatic carbocycles. The van der Waals surface area contributed by atoms with Crippen molar-refractivity contribution >= 4 is 0 Å². The zero-order valence-electron chi connectivity index (χ0n) is 11.0. The van der Waals surface area contributed by atoms with Crippen LogP contribution in [-0.2, 0) is 7.05 Å². The second kappa shape index (κ2) is 5.74. The molecule has 0 spiro atoms. The molecule has 0 amide bonds. The standard InChI is InChI=1S/C15H20N2O/c1-3-18-15-7-5-4-6-13(15)14(10-16)12-8-9-17(2)11-12/h4-9,11,14H,3,10,16H2,1-2H3. The van der Waals surface area contributed by atoms with Crippen LogP contribution in [-0.4, -0.2) is 17.7 Å². The van der Waals surface area contributed by atoms with Gasteiger partial charge in [-0.1, -0.05) is 18.2 Å². The minimum absolute atomic E-state index is 0.189. The lowest BCUT2D eigenvalue weighted by Gasteiger charge is -2.18. The van der Waals surface area contributed by atoms with Crippen molar-refractivity contribution in [1.29, 1.82) is 0 Å². The number of aryl methyl sites for hydroxylation is 1. The van der Waals surface area contributed by atoms with Crippen LogP contribution in [0.15, 0.2) is 42.7 Å². The number of nitrogens with zero attached hydrogens (tertiary/aromatic N) is 1. The van der Waals surface area contributed by atoms with Crippen LogP contribution in [0.25, 0.3) is 0 Å². The van der Waals surface area contributed by atoms with Crippen LogP contribution in [0.3, 0.4) is 0 Å². The quantitative estimate of drug-likeness (QED) is 0.878. The summed E-state index contributed by atoms with van der Waals surface area (Å²) in [5.74, 6) is 1.12. The van der Waals surface area contributed by atoms with Gasteiger partial charge in [-0.3, -0.25) is 0 Å². The number of hydrogen-bond donors (Lipinski definition) is 1. The predicted octanol–water partition coefficient (Wildman–Crippen LogP) is 2.51. The maximum atomic E-state index is 5.95.